The summed E-state index contributed by atoms with van der Waals surface area (Å²) in [5.74, 6) is 0. The first kappa shape index (κ1) is 8.48. The third-order valence-corrected chi connectivity index (χ3v) is 2.93. The quantitative estimate of drug-likeness (QED) is 0.541. The average molecular weight is 170 g/mol. The monoisotopic (exact) mass is 170 g/mol. The van der Waals surface area contributed by atoms with Gasteiger partial charge in [-0.25, -0.2) is 0 Å². The zero-order chi connectivity index (χ0) is 8.44. The van der Waals surface area contributed by atoms with Gasteiger partial charge in [-0.2, -0.15) is 0 Å². The summed E-state index contributed by atoms with van der Waals surface area (Å²) >= 11 is 0. The van der Waals surface area contributed by atoms with E-state index in [0.29, 0.717) is 6.04 Å². The Morgan fingerprint density at radius 2 is 2.08 bits per heavy atom. The first-order chi connectivity index (χ1) is 5.81. The van der Waals surface area contributed by atoms with Gasteiger partial charge in [0.1, 0.15) is 0 Å². The van der Waals surface area contributed by atoms with Crippen molar-refractivity contribution in [2.45, 2.75) is 31.4 Å². The maximum atomic E-state index is 5.92. The predicted molar refractivity (Wildman–Crippen MR) is 48.3 cm³/mol. The van der Waals surface area contributed by atoms with Gasteiger partial charge in [-0.15, -0.1) is 0 Å². The van der Waals surface area contributed by atoms with Gasteiger partial charge in [-0.3, -0.25) is 0 Å². The number of rotatable bonds is 0. The Balaban J connectivity index is 1.92. The van der Waals surface area contributed by atoms with Gasteiger partial charge >= 0.3 is 0 Å². The standard InChI is InChI=1S/C9H18N2O/c1-8-6-12-9(7-11-8)2-4-10-5-3-9/h8,10-11H,2-7H2,1H3. The highest BCUT2D eigenvalue weighted by Gasteiger charge is 2.35. The first-order valence-corrected chi connectivity index (χ1v) is 4.89. The SMILES string of the molecule is CC1COC2(CCNCC2)CN1. The molecule has 3 heteroatoms. The van der Waals surface area contributed by atoms with Gasteiger partial charge in [0, 0.05) is 12.6 Å². The first-order valence-electron chi connectivity index (χ1n) is 4.89. The van der Waals surface area contributed by atoms with Gasteiger partial charge in [-0.1, -0.05) is 0 Å². The molecular weight excluding hydrogens is 152 g/mol. The molecule has 0 saturated carbocycles. The maximum absolute atomic E-state index is 5.92. The van der Waals surface area contributed by atoms with Crippen LogP contribution in [0.3, 0.4) is 0 Å². The number of morpholine rings is 1. The Morgan fingerprint density at radius 1 is 1.33 bits per heavy atom. The smallest absolute Gasteiger partial charge is 0.0831 e. The van der Waals surface area contributed by atoms with Crippen LogP contribution in [-0.2, 0) is 4.74 Å². The van der Waals surface area contributed by atoms with E-state index in [0.717, 1.165) is 39.1 Å². The molecule has 0 aromatic heterocycles. The number of hydrogen-bond donors (Lipinski definition) is 2. The van der Waals surface area contributed by atoms with Gasteiger partial charge < -0.3 is 15.4 Å². The van der Waals surface area contributed by atoms with E-state index in [1.807, 2.05) is 0 Å². The van der Waals surface area contributed by atoms with Crippen LogP contribution < -0.4 is 10.6 Å². The minimum atomic E-state index is 0.164. The highest BCUT2D eigenvalue weighted by molar-refractivity contribution is 4.92. The summed E-state index contributed by atoms with van der Waals surface area (Å²) in [6.07, 6.45) is 2.32. The second-order valence-corrected chi connectivity index (χ2v) is 4.03. The molecule has 1 atom stereocenters. The molecule has 0 aromatic rings. The molecule has 2 aliphatic rings. The van der Waals surface area contributed by atoms with E-state index in [-0.39, 0.29) is 5.60 Å². The van der Waals surface area contributed by atoms with E-state index in [2.05, 4.69) is 17.6 Å². The van der Waals surface area contributed by atoms with E-state index < -0.39 is 0 Å². The lowest BCUT2D eigenvalue weighted by molar-refractivity contribution is -0.0965. The van der Waals surface area contributed by atoms with E-state index in [1.54, 1.807) is 0 Å². The molecule has 70 valence electrons. The van der Waals surface area contributed by atoms with Gasteiger partial charge in [0.2, 0.25) is 0 Å². The highest BCUT2D eigenvalue weighted by atomic mass is 16.5. The van der Waals surface area contributed by atoms with Crippen molar-refractivity contribution < 1.29 is 4.74 Å². The molecule has 3 nitrogen and oxygen atoms in total. The fourth-order valence-electron chi connectivity index (χ4n) is 1.98. The Hall–Kier alpha value is -0.120. The summed E-state index contributed by atoms with van der Waals surface area (Å²) in [5, 5.41) is 6.85. The number of hydrogen-bond acceptors (Lipinski definition) is 3. The number of ether oxygens (including phenoxy) is 1. The van der Waals surface area contributed by atoms with Crippen molar-refractivity contribution in [1.29, 1.82) is 0 Å². The molecule has 0 radical (unpaired) electrons. The Kier molecular flexibility index (Phi) is 2.35. The lowest BCUT2D eigenvalue weighted by atomic mass is 9.90. The largest absolute Gasteiger partial charge is 0.372 e. The van der Waals surface area contributed by atoms with Crippen LogP contribution in [0.4, 0.5) is 0 Å². The molecule has 2 saturated heterocycles. The minimum absolute atomic E-state index is 0.164. The summed E-state index contributed by atoms with van der Waals surface area (Å²) in [6, 6.07) is 0.533. The van der Waals surface area contributed by atoms with Crippen LogP contribution in [0.5, 0.6) is 0 Å². The fraction of sp³-hybridized carbons (Fsp3) is 1.00. The van der Waals surface area contributed by atoms with Crippen LogP contribution in [0.2, 0.25) is 0 Å². The van der Waals surface area contributed by atoms with Crippen molar-refractivity contribution in [2.24, 2.45) is 0 Å². The van der Waals surface area contributed by atoms with E-state index >= 15 is 0 Å². The molecule has 2 fully saturated rings. The van der Waals surface area contributed by atoms with Crippen molar-refractivity contribution in [3.8, 4) is 0 Å². The molecular formula is C9H18N2O. The summed E-state index contributed by atoms with van der Waals surface area (Å²) in [6.45, 7) is 6.30. The van der Waals surface area contributed by atoms with Crippen molar-refractivity contribution in [1.82, 2.24) is 10.6 Å². The fourth-order valence-corrected chi connectivity index (χ4v) is 1.98. The molecule has 2 heterocycles. The topological polar surface area (TPSA) is 33.3 Å². The normalized spacial score (nSPS) is 35.2. The predicted octanol–water partition coefficient (Wildman–Crippen LogP) is 0.117. The van der Waals surface area contributed by atoms with Crippen molar-refractivity contribution in [2.75, 3.05) is 26.2 Å². The van der Waals surface area contributed by atoms with Crippen molar-refractivity contribution in [3.05, 3.63) is 0 Å². The molecule has 0 aromatic carbocycles. The van der Waals surface area contributed by atoms with Crippen molar-refractivity contribution >= 4 is 0 Å². The van der Waals surface area contributed by atoms with Gasteiger partial charge in [-0.05, 0) is 32.9 Å². The lowest BCUT2D eigenvalue weighted by Gasteiger charge is -2.42. The van der Waals surface area contributed by atoms with Crippen LogP contribution >= 0.6 is 0 Å². The number of piperidine rings is 1. The Morgan fingerprint density at radius 3 is 2.67 bits per heavy atom. The third-order valence-electron chi connectivity index (χ3n) is 2.93. The second kappa shape index (κ2) is 3.32. The molecule has 0 aliphatic carbocycles. The molecule has 2 N–H and O–H groups in total. The average Bonchev–Trinajstić information content (AvgIpc) is 2.13. The van der Waals surface area contributed by atoms with E-state index in [9.17, 15) is 0 Å². The van der Waals surface area contributed by atoms with Crippen LogP contribution in [-0.4, -0.2) is 37.9 Å². The molecule has 1 spiro atoms. The summed E-state index contributed by atoms with van der Waals surface area (Å²) in [7, 11) is 0. The zero-order valence-electron chi connectivity index (χ0n) is 7.73. The second-order valence-electron chi connectivity index (χ2n) is 4.03. The number of nitrogens with one attached hydrogen (secondary N) is 2. The highest BCUT2D eigenvalue weighted by Crippen LogP contribution is 2.25. The van der Waals surface area contributed by atoms with Crippen LogP contribution in [0, 0.1) is 0 Å². The van der Waals surface area contributed by atoms with Gasteiger partial charge in [0.15, 0.2) is 0 Å². The van der Waals surface area contributed by atoms with Crippen molar-refractivity contribution in [3.63, 3.8) is 0 Å². The van der Waals surface area contributed by atoms with E-state index in [4.69, 9.17) is 4.74 Å². The van der Waals surface area contributed by atoms with Crippen LogP contribution in [0.1, 0.15) is 19.8 Å². The van der Waals surface area contributed by atoms with Gasteiger partial charge in [0.05, 0.1) is 12.2 Å². The van der Waals surface area contributed by atoms with Crippen LogP contribution in [0.25, 0.3) is 0 Å². The van der Waals surface area contributed by atoms with Crippen LogP contribution in [0.15, 0.2) is 0 Å². The Bertz CT molecular complexity index is 145. The Labute approximate surface area is 73.9 Å². The molecule has 0 amide bonds. The van der Waals surface area contributed by atoms with E-state index in [1.165, 1.54) is 0 Å². The molecule has 2 rings (SSSR count). The third kappa shape index (κ3) is 1.63. The molecule has 0 bridgehead atoms. The summed E-state index contributed by atoms with van der Waals surface area (Å²) in [5.41, 5.74) is 0.164. The lowest BCUT2D eigenvalue weighted by Crippen LogP contribution is -2.57. The van der Waals surface area contributed by atoms with Gasteiger partial charge in [0.25, 0.3) is 0 Å². The zero-order valence-corrected chi connectivity index (χ0v) is 7.73. The molecule has 2 aliphatic heterocycles. The minimum Gasteiger partial charge on any atom is -0.372 e. The maximum Gasteiger partial charge on any atom is 0.0831 e. The summed E-state index contributed by atoms with van der Waals surface area (Å²) in [4.78, 5) is 0. The molecule has 12 heavy (non-hydrogen) atoms. The summed E-state index contributed by atoms with van der Waals surface area (Å²) < 4.78 is 5.92. The molecule has 1 unspecified atom stereocenters.